The third-order valence-corrected chi connectivity index (χ3v) is 6.16. The van der Waals surface area contributed by atoms with Gasteiger partial charge in [0.2, 0.25) is 0 Å². The number of aromatic nitrogens is 3. The van der Waals surface area contributed by atoms with Crippen molar-refractivity contribution in [1.82, 2.24) is 9.97 Å². The molecule has 0 saturated heterocycles. The summed E-state index contributed by atoms with van der Waals surface area (Å²) in [4.78, 5) is 9.87. The monoisotopic (exact) mass is 282 g/mol. The van der Waals surface area contributed by atoms with Gasteiger partial charge in [0.1, 0.15) is 4.70 Å². The molecule has 0 spiro atoms. The number of fused-ring (bicyclic) bond motifs is 7. The van der Waals surface area contributed by atoms with Gasteiger partial charge >= 0.3 is 0 Å². The van der Waals surface area contributed by atoms with Crippen molar-refractivity contribution in [1.29, 1.82) is 0 Å². The largest absolute Gasteiger partial charge is 0.281 e. The van der Waals surface area contributed by atoms with Gasteiger partial charge in [0.25, 0.3) is 9.84 Å². The molecule has 0 unspecified atom stereocenters. The Balaban J connectivity index is 1.93. The van der Waals surface area contributed by atoms with E-state index in [1.54, 1.807) is 0 Å². The summed E-state index contributed by atoms with van der Waals surface area (Å²) in [5.41, 5.74) is 2.66. The molecule has 0 bridgehead atoms. The zero-order valence-electron chi connectivity index (χ0n) is 9.83. The number of nitrogens with zero attached hydrogens (tertiary/aromatic N) is 3. The number of rotatable bonds is 0. The Morgan fingerprint density at radius 3 is 2.95 bits per heavy atom. The van der Waals surface area contributed by atoms with Crippen LogP contribution in [0.25, 0.3) is 30.2 Å². The van der Waals surface area contributed by atoms with Crippen molar-refractivity contribution in [2.75, 3.05) is 0 Å². The third-order valence-electron chi connectivity index (χ3n) is 3.59. The molecule has 19 heavy (non-hydrogen) atoms. The summed E-state index contributed by atoms with van der Waals surface area (Å²) in [6.45, 7) is 0.966. The van der Waals surface area contributed by atoms with Crippen LogP contribution < -0.4 is 4.57 Å². The Hall–Kier alpha value is -1.85. The van der Waals surface area contributed by atoms with Crippen molar-refractivity contribution in [3.8, 4) is 10.6 Å². The fraction of sp³-hybridized carbons (Fsp3) is 0.0714. The number of hydrogen-bond donors (Lipinski definition) is 0. The number of thiazole rings is 1. The highest BCUT2D eigenvalue weighted by molar-refractivity contribution is 7.32. The molecule has 0 aromatic carbocycles. The minimum absolute atomic E-state index is 0.966. The van der Waals surface area contributed by atoms with Gasteiger partial charge in [-0.25, -0.2) is 0 Å². The van der Waals surface area contributed by atoms with E-state index in [2.05, 4.69) is 26.7 Å². The van der Waals surface area contributed by atoms with Crippen LogP contribution in [0.5, 0.6) is 0 Å². The number of thiophene rings is 1. The topological polar surface area (TPSA) is 29.7 Å². The van der Waals surface area contributed by atoms with Gasteiger partial charge in [-0.3, -0.25) is 9.97 Å². The maximum atomic E-state index is 4.26. The van der Waals surface area contributed by atoms with E-state index >= 15 is 0 Å². The Kier molecular flexibility index (Phi) is 1.78. The minimum atomic E-state index is 0.966. The highest BCUT2D eigenvalue weighted by atomic mass is 32.1. The first-order valence-electron chi connectivity index (χ1n) is 6.04. The summed E-state index contributed by atoms with van der Waals surface area (Å²) in [5.74, 6) is 0. The van der Waals surface area contributed by atoms with E-state index in [0.29, 0.717) is 0 Å². The van der Waals surface area contributed by atoms with Crippen molar-refractivity contribution >= 4 is 42.3 Å². The van der Waals surface area contributed by atoms with Gasteiger partial charge in [-0.15, -0.1) is 0 Å². The molecule has 4 aromatic heterocycles. The SMILES string of the molecule is c1cc2c(cn1)-c1sc3c4cnccc4sc3[n+]1C2. The fourth-order valence-corrected chi connectivity index (χ4v) is 5.36. The van der Waals surface area contributed by atoms with Gasteiger partial charge in [0.05, 0.1) is 5.56 Å². The Labute approximate surface area is 116 Å². The van der Waals surface area contributed by atoms with E-state index in [1.807, 2.05) is 47.5 Å². The average molecular weight is 282 g/mol. The Bertz CT molecular complexity index is 952. The normalized spacial score (nSPS) is 13.1. The number of hydrogen-bond acceptors (Lipinski definition) is 4. The molecular weight excluding hydrogens is 274 g/mol. The predicted octanol–water partition coefficient (Wildman–Crippen LogP) is 3.22. The molecule has 0 atom stereocenters. The molecule has 0 aliphatic carbocycles. The van der Waals surface area contributed by atoms with Crippen LogP contribution in [0.2, 0.25) is 0 Å². The highest BCUT2D eigenvalue weighted by Gasteiger charge is 2.33. The van der Waals surface area contributed by atoms with Gasteiger partial charge in [0, 0.05) is 40.4 Å². The van der Waals surface area contributed by atoms with E-state index in [1.165, 1.54) is 35.8 Å². The molecule has 0 fully saturated rings. The first kappa shape index (κ1) is 10.00. The van der Waals surface area contributed by atoms with Gasteiger partial charge in [-0.05, 0) is 12.1 Å². The Morgan fingerprint density at radius 2 is 1.95 bits per heavy atom. The smallest absolute Gasteiger partial charge is 0.264 e. The second kappa shape index (κ2) is 3.37. The zero-order chi connectivity index (χ0) is 12.4. The lowest BCUT2D eigenvalue weighted by Gasteiger charge is -1.89. The van der Waals surface area contributed by atoms with E-state index < -0.39 is 0 Å². The van der Waals surface area contributed by atoms with Crippen LogP contribution in [-0.2, 0) is 6.54 Å². The zero-order valence-corrected chi connectivity index (χ0v) is 11.5. The van der Waals surface area contributed by atoms with Crippen LogP contribution in [0.3, 0.4) is 0 Å². The van der Waals surface area contributed by atoms with Crippen molar-refractivity contribution in [2.45, 2.75) is 6.54 Å². The van der Waals surface area contributed by atoms with E-state index in [4.69, 9.17) is 0 Å². The molecule has 90 valence electrons. The molecule has 1 aliphatic heterocycles. The summed E-state index contributed by atoms with van der Waals surface area (Å²) in [6, 6.07) is 4.22. The quantitative estimate of drug-likeness (QED) is 0.408. The van der Waals surface area contributed by atoms with E-state index in [-0.39, 0.29) is 0 Å². The molecule has 0 saturated carbocycles. The van der Waals surface area contributed by atoms with Crippen LogP contribution in [0.1, 0.15) is 5.56 Å². The van der Waals surface area contributed by atoms with Crippen molar-refractivity contribution in [3.63, 3.8) is 0 Å². The van der Waals surface area contributed by atoms with Crippen molar-refractivity contribution in [2.24, 2.45) is 0 Å². The summed E-state index contributed by atoms with van der Waals surface area (Å²) < 4.78 is 5.09. The molecule has 0 amide bonds. The van der Waals surface area contributed by atoms with Crippen LogP contribution in [0.15, 0.2) is 36.9 Å². The molecular formula is C14H8N3S2+. The van der Waals surface area contributed by atoms with Gasteiger partial charge < -0.3 is 0 Å². The number of pyridine rings is 2. The minimum Gasteiger partial charge on any atom is -0.264 e. The lowest BCUT2D eigenvalue weighted by Crippen LogP contribution is -2.29. The molecule has 5 heteroatoms. The van der Waals surface area contributed by atoms with Gasteiger partial charge in [-0.2, -0.15) is 4.57 Å². The summed E-state index contributed by atoms with van der Waals surface area (Å²) in [7, 11) is 0. The maximum absolute atomic E-state index is 4.26. The predicted molar refractivity (Wildman–Crippen MR) is 77.5 cm³/mol. The summed E-state index contributed by atoms with van der Waals surface area (Å²) in [6.07, 6.45) is 7.70. The van der Waals surface area contributed by atoms with Crippen LogP contribution in [-0.4, -0.2) is 9.97 Å². The average Bonchev–Trinajstić information content (AvgIpc) is 3.07. The fourth-order valence-electron chi connectivity index (χ4n) is 2.70. The third kappa shape index (κ3) is 1.19. The van der Waals surface area contributed by atoms with Crippen LogP contribution in [0, 0.1) is 0 Å². The summed E-state index contributed by atoms with van der Waals surface area (Å²) in [5, 5.41) is 2.61. The van der Waals surface area contributed by atoms with Gasteiger partial charge in [0.15, 0.2) is 6.54 Å². The molecule has 5 heterocycles. The maximum Gasteiger partial charge on any atom is 0.281 e. The molecule has 1 aliphatic rings. The van der Waals surface area contributed by atoms with Crippen LogP contribution in [0.4, 0.5) is 0 Å². The molecule has 3 nitrogen and oxygen atoms in total. The second-order valence-electron chi connectivity index (χ2n) is 4.63. The van der Waals surface area contributed by atoms with Crippen LogP contribution >= 0.6 is 22.7 Å². The molecule has 0 radical (unpaired) electrons. The van der Waals surface area contributed by atoms with Crippen molar-refractivity contribution < 1.29 is 4.57 Å². The lowest BCUT2D eigenvalue weighted by molar-refractivity contribution is -0.639. The van der Waals surface area contributed by atoms with Gasteiger partial charge in [-0.1, -0.05) is 22.7 Å². The molecule has 5 rings (SSSR count). The second-order valence-corrected chi connectivity index (χ2v) is 6.66. The van der Waals surface area contributed by atoms with E-state index in [0.717, 1.165) is 6.54 Å². The van der Waals surface area contributed by atoms with E-state index in [9.17, 15) is 0 Å². The molecule has 4 aromatic rings. The van der Waals surface area contributed by atoms with Crippen molar-refractivity contribution in [3.05, 3.63) is 42.5 Å². The highest BCUT2D eigenvalue weighted by Crippen LogP contribution is 2.41. The Morgan fingerprint density at radius 1 is 1.05 bits per heavy atom. The first-order chi connectivity index (χ1) is 9.42. The lowest BCUT2D eigenvalue weighted by atomic mass is 10.2. The standard InChI is InChI=1S/C14H8N3S2/c1-3-15-5-9-8(1)7-17-13(9)19-12-10-6-16-4-2-11(10)18-14(12)17/h1-6H,7H2/q+1. The molecule has 0 N–H and O–H groups in total. The summed E-state index contributed by atoms with van der Waals surface area (Å²) >= 11 is 3.72. The first-order valence-corrected chi connectivity index (χ1v) is 7.67.